The molecule has 2 aromatic heterocycles. The lowest BCUT2D eigenvalue weighted by Crippen LogP contribution is -2.53. The fourth-order valence-corrected chi connectivity index (χ4v) is 7.87. The van der Waals surface area contributed by atoms with Crippen molar-refractivity contribution in [3.05, 3.63) is 90.8 Å². The van der Waals surface area contributed by atoms with E-state index < -0.39 is 26.3 Å². The molecule has 3 aromatic carbocycles. The third-order valence-electron chi connectivity index (χ3n) is 9.48. The number of H-pyrrole nitrogens is 1. The minimum Gasteiger partial charge on any atom is -0.368 e. The molecule has 7 rings (SSSR count). The first-order valence-corrected chi connectivity index (χ1v) is 18.0. The zero-order valence-corrected chi connectivity index (χ0v) is 28.0. The van der Waals surface area contributed by atoms with Crippen LogP contribution in [0.4, 0.5) is 20.2 Å². The van der Waals surface area contributed by atoms with Crippen LogP contribution in [0.25, 0.3) is 33.5 Å². The van der Waals surface area contributed by atoms with Crippen LogP contribution < -0.4 is 10.2 Å². The number of nitrogens with one attached hydrogen (secondary N) is 2. The van der Waals surface area contributed by atoms with Crippen LogP contribution in [0.1, 0.15) is 6.42 Å². The fourth-order valence-electron chi connectivity index (χ4n) is 6.60. The van der Waals surface area contributed by atoms with E-state index in [0.717, 1.165) is 29.9 Å². The van der Waals surface area contributed by atoms with Gasteiger partial charge in [-0.25, -0.2) is 27.2 Å². The number of carbonyl (C=O) groups excluding carboxylic acids is 2. The summed E-state index contributed by atoms with van der Waals surface area (Å²) in [5.74, 6) is -1.23. The second-order valence-corrected chi connectivity index (χ2v) is 15.0. The van der Waals surface area contributed by atoms with Crippen molar-refractivity contribution in [1.82, 2.24) is 30.0 Å². The summed E-state index contributed by atoms with van der Waals surface area (Å²) in [6.07, 6.45) is 3.36. The maximum atomic E-state index is 13.8. The molecule has 2 saturated heterocycles. The van der Waals surface area contributed by atoms with Crippen LogP contribution in [-0.2, 0) is 19.4 Å². The van der Waals surface area contributed by atoms with Crippen LogP contribution in [0.15, 0.2) is 79.1 Å². The minimum atomic E-state index is -3.89. The Balaban J connectivity index is 0.974. The quantitative estimate of drug-likeness (QED) is 0.247. The molecule has 12 nitrogen and oxygen atoms in total. The van der Waals surface area contributed by atoms with Crippen LogP contribution in [0, 0.1) is 11.6 Å². The van der Waals surface area contributed by atoms with Gasteiger partial charge in [-0.05, 0) is 73.2 Å². The molecule has 0 bridgehead atoms. The number of aromatic nitrogens is 4. The Kier molecular flexibility index (Phi) is 8.78. The summed E-state index contributed by atoms with van der Waals surface area (Å²) in [6, 6.07) is 18.6. The van der Waals surface area contributed by atoms with Crippen LogP contribution in [0.5, 0.6) is 0 Å². The molecule has 0 aliphatic carbocycles. The number of carbonyl (C=O) groups is 2. The number of likely N-dealkylation sites (tertiary alicyclic amines) is 1. The number of rotatable bonds is 8. The van der Waals surface area contributed by atoms with E-state index in [9.17, 15) is 26.8 Å². The molecular formula is C35H34F2N8O4S. The van der Waals surface area contributed by atoms with Crippen LogP contribution >= 0.6 is 0 Å². The lowest BCUT2D eigenvalue weighted by molar-refractivity contribution is -0.132. The van der Waals surface area contributed by atoms with Crippen molar-refractivity contribution in [2.45, 2.75) is 11.2 Å². The summed E-state index contributed by atoms with van der Waals surface area (Å²) in [5, 5.41) is 10.8. The van der Waals surface area contributed by atoms with Crippen molar-refractivity contribution in [3.8, 4) is 22.6 Å². The third-order valence-corrected chi connectivity index (χ3v) is 11.4. The molecule has 2 N–H and O–H groups in total. The highest BCUT2D eigenvalue weighted by Gasteiger charge is 2.53. The summed E-state index contributed by atoms with van der Waals surface area (Å²) < 4.78 is 51.3. The molecule has 0 radical (unpaired) electrons. The van der Waals surface area contributed by atoms with Gasteiger partial charge in [0.1, 0.15) is 5.82 Å². The van der Waals surface area contributed by atoms with Crippen LogP contribution in [0.2, 0.25) is 0 Å². The van der Waals surface area contributed by atoms with E-state index in [1.54, 1.807) is 40.1 Å². The van der Waals surface area contributed by atoms with Gasteiger partial charge in [0.25, 0.3) is 0 Å². The number of anilines is 2. The number of fused-ring (bicyclic) bond motifs is 1. The highest BCUT2D eigenvalue weighted by Crippen LogP contribution is 2.33. The minimum absolute atomic E-state index is 0.00107. The monoisotopic (exact) mass is 700 g/mol. The normalized spacial score (nSPS) is 18.5. The van der Waals surface area contributed by atoms with E-state index in [1.165, 1.54) is 12.1 Å². The number of hydrogen-bond acceptors (Lipinski definition) is 9. The first-order chi connectivity index (χ1) is 24.0. The van der Waals surface area contributed by atoms with E-state index >= 15 is 0 Å². The Morgan fingerprint density at radius 1 is 0.880 bits per heavy atom. The first-order valence-electron chi connectivity index (χ1n) is 16.1. The van der Waals surface area contributed by atoms with Gasteiger partial charge in [-0.2, -0.15) is 5.10 Å². The maximum Gasteiger partial charge on any atom is 0.247 e. The SMILES string of the molecule is CS(=O)(=O)[C@@]1(C(=O)Nc2ccc3[nH]nc(-c4ccc(F)cc4)c3c2)CCN(CC(=O)N2CCN(c3ccc(-c4ncc(F)cn4)cc3)CC2)C1. The summed E-state index contributed by atoms with van der Waals surface area (Å²) in [7, 11) is -3.89. The molecular weight excluding hydrogens is 666 g/mol. The van der Waals surface area contributed by atoms with Gasteiger partial charge in [-0.15, -0.1) is 0 Å². The largest absolute Gasteiger partial charge is 0.368 e. The average molecular weight is 701 g/mol. The van der Waals surface area contributed by atoms with E-state index in [4.69, 9.17) is 0 Å². The zero-order chi connectivity index (χ0) is 35.0. The number of amides is 2. The lowest BCUT2D eigenvalue weighted by atomic mass is 10.1. The van der Waals surface area contributed by atoms with Gasteiger partial charge in [0.15, 0.2) is 26.2 Å². The Morgan fingerprint density at radius 2 is 1.56 bits per heavy atom. The molecule has 0 spiro atoms. The Labute approximate surface area is 287 Å². The van der Waals surface area contributed by atoms with Gasteiger partial charge in [-0.3, -0.25) is 19.6 Å². The molecule has 50 heavy (non-hydrogen) atoms. The molecule has 0 unspecified atom stereocenters. The number of hydrogen-bond donors (Lipinski definition) is 2. The Morgan fingerprint density at radius 3 is 2.24 bits per heavy atom. The fraction of sp³-hybridized carbons (Fsp3) is 0.286. The third kappa shape index (κ3) is 6.53. The summed E-state index contributed by atoms with van der Waals surface area (Å²) in [6.45, 7) is 2.36. The lowest BCUT2D eigenvalue weighted by Gasteiger charge is -2.37. The highest BCUT2D eigenvalue weighted by atomic mass is 32.2. The molecule has 0 saturated carbocycles. The molecule has 2 amide bonds. The summed E-state index contributed by atoms with van der Waals surface area (Å²) >= 11 is 0. The van der Waals surface area contributed by atoms with Gasteiger partial charge in [0, 0.05) is 73.4 Å². The van der Waals surface area contributed by atoms with Gasteiger partial charge < -0.3 is 15.1 Å². The van der Waals surface area contributed by atoms with Crippen molar-refractivity contribution in [2.24, 2.45) is 0 Å². The number of nitrogens with zero attached hydrogens (tertiary/aromatic N) is 6. The maximum absolute atomic E-state index is 13.8. The molecule has 4 heterocycles. The second kappa shape index (κ2) is 13.2. The zero-order valence-electron chi connectivity index (χ0n) is 27.1. The van der Waals surface area contributed by atoms with Gasteiger partial charge >= 0.3 is 0 Å². The number of sulfone groups is 1. The van der Waals surface area contributed by atoms with Crippen LogP contribution in [0.3, 0.4) is 0 Å². The predicted octanol–water partition coefficient (Wildman–Crippen LogP) is 3.74. The molecule has 2 aliphatic heterocycles. The second-order valence-electron chi connectivity index (χ2n) is 12.7. The smallest absolute Gasteiger partial charge is 0.247 e. The van der Waals surface area contributed by atoms with Crippen molar-refractivity contribution >= 4 is 43.9 Å². The molecule has 1 atom stereocenters. The topological polar surface area (TPSA) is 144 Å². The highest BCUT2D eigenvalue weighted by molar-refractivity contribution is 7.93. The van der Waals surface area contributed by atoms with E-state index in [1.807, 2.05) is 24.3 Å². The van der Waals surface area contributed by atoms with Crippen molar-refractivity contribution in [3.63, 3.8) is 0 Å². The van der Waals surface area contributed by atoms with E-state index in [2.05, 4.69) is 30.4 Å². The van der Waals surface area contributed by atoms with E-state index in [-0.39, 0.29) is 37.8 Å². The van der Waals surface area contributed by atoms with Gasteiger partial charge in [-0.1, -0.05) is 0 Å². The number of benzene rings is 3. The summed E-state index contributed by atoms with van der Waals surface area (Å²) in [4.78, 5) is 40.8. The number of halogens is 2. The average Bonchev–Trinajstić information content (AvgIpc) is 3.74. The molecule has 2 fully saturated rings. The van der Waals surface area contributed by atoms with Gasteiger partial charge in [0.05, 0.1) is 30.1 Å². The molecule has 5 aromatic rings. The molecule has 15 heteroatoms. The number of piperazine rings is 1. The first kappa shape index (κ1) is 33.2. The van der Waals surface area contributed by atoms with Crippen LogP contribution in [-0.4, -0.2) is 107 Å². The van der Waals surface area contributed by atoms with Crippen molar-refractivity contribution in [2.75, 3.05) is 62.3 Å². The molecule has 2 aliphatic rings. The standard InChI is InChI=1S/C35H34F2N8O4S/c1-50(48,49)35(34(47)40-27-8-11-30-29(18-27)32(42-41-30)23-2-6-25(36)7-3-23)12-13-43(22-35)21-31(46)45-16-14-44(15-17-45)28-9-4-24(5-10-28)33-38-19-26(37)20-39-33/h2-11,18-20H,12-17,21-22H2,1H3,(H,40,47)(H,41,42)/t35-/m0/s1. The van der Waals surface area contributed by atoms with Crippen molar-refractivity contribution in [1.29, 1.82) is 0 Å². The predicted molar refractivity (Wildman–Crippen MR) is 185 cm³/mol. The Hall–Kier alpha value is -5.28. The van der Waals surface area contributed by atoms with E-state index in [0.29, 0.717) is 59.9 Å². The van der Waals surface area contributed by atoms with Crippen molar-refractivity contribution < 1.29 is 26.8 Å². The molecule has 258 valence electrons. The Bertz CT molecular complexity index is 2150. The van der Waals surface area contributed by atoms with Gasteiger partial charge in [0.2, 0.25) is 11.8 Å². The number of aromatic amines is 1. The summed E-state index contributed by atoms with van der Waals surface area (Å²) in [5.41, 5.74) is 4.07.